The van der Waals surface area contributed by atoms with Gasteiger partial charge in [-0.1, -0.05) is 17.4 Å². The lowest BCUT2D eigenvalue weighted by Gasteiger charge is -2.41. The van der Waals surface area contributed by atoms with Crippen molar-refractivity contribution in [3.63, 3.8) is 0 Å². The molecule has 1 aliphatic heterocycles. The van der Waals surface area contributed by atoms with Crippen molar-refractivity contribution >= 4 is 45.9 Å². The molecule has 1 aromatic carbocycles. The molecule has 0 aliphatic carbocycles. The second-order valence-electron chi connectivity index (χ2n) is 13.0. The Labute approximate surface area is 277 Å². The number of piperazine rings is 1. The van der Waals surface area contributed by atoms with Gasteiger partial charge in [-0.05, 0) is 60.6 Å². The Balaban J connectivity index is 1.69. The molecule has 12 nitrogen and oxygen atoms in total. The van der Waals surface area contributed by atoms with Gasteiger partial charge in [0, 0.05) is 25.7 Å². The quantitative estimate of drug-likeness (QED) is 0.266. The lowest BCUT2D eigenvalue weighted by Crippen LogP contribution is -2.55. The van der Waals surface area contributed by atoms with Crippen molar-refractivity contribution in [2.75, 3.05) is 35.2 Å². The smallest absolute Gasteiger partial charge is 0.412 e. The molecular formula is C30H36F5N7O5S. The maximum atomic E-state index is 14.7. The van der Waals surface area contributed by atoms with Gasteiger partial charge in [-0.25, -0.2) is 28.0 Å². The van der Waals surface area contributed by atoms with Crippen molar-refractivity contribution in [3.05, 3.63) is 41.7 Å². The van der Waals surface area contributed by atoms with E-state index in [-0.39, 0.29) is 41.1 Å². The van der Waals surface area contributed by atoms with Crippen LogP contribution in [0.25, 0.3) is 10.6 Å². The number of halogens is 5. The van der Waals surface area contributed by atoms with Crippen molar-refractivity contribution in [2.45, 2.75) is 78.4 Å². The van der Waals surface area contributed by atoms with Crippen LogP contribution >= 0.6 is 11.3 Å². The van der Waals surface area contributed by atoms with Crippen LogP contribution in [0.5, 0.6) is 0 Å². The molecule has 0 radical (unpaired) electrons. The second kappa shape index (κ2) is 13.6. The molecular weight excluding hydrogens is 665 g/mol. The molecule has 3 aromatic rings. The lowest BCUT2D eigenvalue weighted by molar-refractivity contribution is -0.142. The SMILES string of the molecule is C[C@H]1CN(c2c(NC(=O)c3nc(-c4c(F)cccc4F)sc3NC(=O)OC(C)(C)C)cnn2CC(F)(F)F)CCN1C(=O)OC(C)(C)C. The van der Waals surface area contributed by atoms with Gasteiger partial charge in [0.15, 0.2) is 11.5 Å². The number of thiazole rings is 1. The third kappa shape index (κ3) is 9.11. The van der Waals surface area contributed by atoms with E-state index in [9.17, 15) is 36.3 Å². The molecule has 2 N–H and O–H groups in total. The van der Waals surface area contributed by atoms with E-state index in [0.717, 1.165) is 24.4 Å². The van der Waals surface area contributed by atoms with Crippen molar-refractivity contribution in [1.82, 2.24) is 19.7 Å². The number of carbonyl (C=O) groups excluding carboxylic acids is 3. The summed E-state index contributed by atoms with van der Waals surface area (Å²) >= 11 is 0.593. The Bertz CT molecular complexity index is 1660. The van der Waals surface area contributed by atoms with Crippen LogP contribution in [0.1, 0.15) is 59.0 Å². The molecule has 1 fully saturated rings. The minimum absolute atomic E-state index is 0.0600. The first kappa shape index (κ1) is 36.4. The highest BCUT2D eigenvalue weighted by molar-refractivity contribution is 7.19. The molecule has 48 heavy (non-hydrogen) atoms. The van der Waals surface area contributed by atoms with Gasteiger partial charge in [0.25, 0.3) is 5.91 Å². The highest BCUT2D eigenvalue weighted by atomic mass is 32.1. The summed E-state index contributed by atoms with van der Waals surface area (Å²) in [7, 11) is 0. The number of alkyl halides is 3. The van der Waals surface area contributed by atoms with Crippen LogP contribution in [-0.2, 0) is 16.0 Å². The summed E-state index contributed by atoms with van der Waals surface area (Å²) < 4.78 is 81.5. The van der Waals surface area contributed by atoms with Gasteiger partial charge in [-0.3, -0.25) is 10.1 Å². The van der Waals surface area contributed by atoms with Gasteiger partial charge in [-0.15, -0.1) is 0 Å². The molecule has 0 spiro atoms. The van der Waals surface area contributed by atoms with Gasteiger partial charge < -0.3 is 24.6 Å². The van der Waals surface area contributed by atoms with Gasteiger partial charge in [-0.2, -0.15) is 18.3 Å². The van der Waals surface area contributed by atoms with Crippen LogP contribution in [0.15, 0.2) is 24.4 Å². The first-order valence-corrected chi connectivity index (χ1v) is 15.6. The van der Waals surface area contributed by atoms with Gasteiger partial charge in [0.1, 0.15) is 45.1 Å². The maximum Gasteiger partial charge on any atom is 0.412 e. The number of anilines is 3. The van der Waals surface area contributed by atoms with Crippen molar-refractivity contribution in [3.8, 4) is 10.6 Å². The van der Waals surface area contributed by atoms with E-state index < -0.39 is 71.0 Å². The number of benzene rings is 1. The lowest BCUT2D eigenvalue weighted by atomic mass is 10.2. The zero-order valence-electron chi connectivity index (χ0n) is 27.3. The van der Waals surface area contributed by atoms with Crippen molar-refractivity contribution in [2.24, 2.45) is 0 Å². The molecule has 0 bridgehead atoms. The van der Waals surface area contributed by atoms with E-state index in [1.807, 2.05) is 0 Å². The Morgan fingerprint density at radius 1 is 0.979 bits per heavy atom. The van der Waals surface area contributed by atoms with E-state index >= 15 is 0 Å². The average Bonchev–Trinajstić information content (AvgIpc) is 3.49. The number of carbonyl (C=O) groups is 3. The number of amides is 3. The zero-order chi connectivity index (χ0) is 35.8. The first-order chi connectivity index (χ1) is 22.1. The molecule has 3 amide bonds. The summed E-state index contributed by atoms with van der Waals surface area (Å²) in [4.78, 5) is 46.2. The number of nitrogens with one attached hydrogen (secondary N) is 2. The predicted molar refractivity (Wildman–Crippen MR) is 168 cm³/mol. The highest BCUT2D eigenvalue weighted by Crippen LogP contribution is 2.37. The molecule has 2 aromatic heterocycles. The Morgan fingerprint density at radius 2 is 1.60 bits per heavy atom. The third-order valence-electron chi connectivity index (χ3n) is 6.58. The number of rotatable bonds is 6. The van der Waals surface area contributed by atoms with E-state index in [4.69, 9.17) is 9.47 Å². The number of hydrogen-bond donors (Lipinski definition) is 2. The third-order valence-corrected chi connectivity index (χ3v) is 7.57. The van der Waals surface area contributed by atoms with Crippen LogP contribution < -0.4 is 15.5 Å². The van der Waals surface area contributed by atoms with Gasteiger partial charge in [0.05, 0.1) is 11.8 Å². The number of nitrogens with zero attached hydrogens (tertiary/aromatic N) is 5. The number of ether oxygens (including phenoxy) is 2. The second-order valence-corrected chi connectivity index (χ2v) is 14.0. The number of hydrogen-bond acceptors (Lipinski definition) is 9. The minimum Gasteiger partial charge on any atom is -0.444 e. The largest absolute Gasteiger partial charge is 0.444 e. The number of aromatic nitrogens is 3. The molecule has 0 unspecified atom stereocenters. The van der Waals surface area contributed by atoms with Gasteiger partial charge in [0.2, 0.25) is 0 Å². The Hall–Kier alpha value is -4.48. The van der Waals surface area contributed by atoms with E-state index in [2.05, 4.69) is 20.7 Å². The molecule has 0 saturated carbocycles. The summed E-state index contributed by atoms with van der Waals surface area (Å²) in [6.07, 6.45) is -5.22. The Kier molecular flexibility index (Phi) is 10.3. The summed E-state index contributed by atoms with van der Waals surface area (Å²) in [5, 5.41) is 8.21. The van der Waals surface area contributed by atoms with E-state index in [0.29, 0.717) is 16.0 Å². The molecule has 3 heterocycles. The summed E-state index contributed by atoms with van der Waals surface area (Å²) in [5.41, 5.74) is -2.88. The standard InChI is InChI=1S/C30H36F5N7O5S/c1-16-14-40(11-12-41(16)27(45)47-29(5,6)7)25-19(13-36-42(25)15-30(33,34)35)37-22(43)21-24(39-26(44)46-28(2,3)4)48-23(38-21)20-17(31)9-8-10-18(20)32/h8-10,13,16H,11-12,14-15H2,1-7H3,(H,37,43)(H,39,44)/t16-/m0/s1. The van der Waals surface area contributed by atoms with Crippen LogP contribution in [0, 0.1) is 11.6 Å². The molecule has 262 valence electrons. The normalized spacial score (nSPS) is 15.7. The van der Waals surface area contributed by atoms with E-state index in [1.165, 1.54) is 4.90 Å². The highest BCUT2D eigenvalue weighted by Gasteiger charge is 2.36. The average molecular weight is 702 g/mol. The monoisotopic (exact) mass is 701 g/mol. The fourth-order valence-electron chi connectivity index (χ4n) is 4.77. The summed E-state index contributed by atoms with van der Waals surface area (Å²) in [5.74, 6) is -3.08. The molecule has 1 atom stereocenters. The van der Waals surface area contributed by atoms with Crippen molar-refractivity contribution < 1.29 is 45.8 Å². The van der Waals surface area contributed by atoms with Crippen LogP contribution in [0.3, 0.4) is 0 Å². The maximum absolute atomic E-state index is 14.7. The fraction of sp³-hybridized carbons (Fsp3) is 0.500. The van der Waals surface area contributed by atoms with Crippen LogP contribution in [0.2, 0.25) is 0 Å². The van der Waals surface area contributed by atoms with Crippen LogP contribution in [0.4, 0.5) is 48.0 Å². The molecule has 1 aliphatic rings. The van der Waals surface area contributed by atoms with Gasteiger partial charge >= 0.3 is 18.4 Å². The minimum atomic E-state index is -4.68. The zero-order valence-corrected chi connectivity index (χ0v) is 28.1. The topological polar surface area (TPSA) is 131 Å². The van der Waals surface area contributed by atoms with E-state index in [1.54, 1.807) is 53.4 Å². The fourth-order valence-corrected chi connectivity index (χ4v) is 5.77. The predicted octanol–water partition coefficient (Wildman–Crippen LogP) is 6.89. The summed E-state index contributed by atoms with van der Waals surface area (Å²) in [6, 6.07) is 2.62. The summed E-state index contributed by atoms with van der Waals surface area (Å²) in [6.45, 7) is 10.4. The molecule has 18 heteroatoms. The van der Waals surface area contributed by atoms with Crippen molar-refractivity contribution in [1.29, 1.82) is 0 Å². The van der Waals surface area contributed by atoms with Crippen LogP contribution in [-0.4, -0.2) is 80.8 Å². The first-order valence-electron chi connectivity index (χ1n) is 14.8. The molecule has 1 saturated heterocycles. The Morgan fingerprint density at radius 3 is 2.17 bits per heavy atom. The molecule has 4 rings (SSSR count).